The van der Waals surface area contributed by atoms with Crippen molar-refractivity contribution in [2.45, 2.75) is 93.8 Å². The molecule has 0 nitrogen and oxygen atoms in total. The monoisotopic (exact) mass is 826 g/mol. The van der Waals surface area contributed by atoms with Crippen molar-refractivity contribution >= 4 is 12.2 Å². The van der Waals surface area contributed by atoms with E-state index in [1.165, 1.54) is 70.2 Å². The summed E-state index contributed by atoms with van der Waals surface area (Å²) in [5.41, 5.74) is 18.2. The van der Waals surface area contributed by atoms with E-state index < -0.39 is 20.0 Å². The molecule has 3 aliphatic carbocycles. The van der Waals surface area contributed by atoms with Gasteiger partial charge in [0.1, 0.15) is 0 Å². The van der Waals surface area contributed by atoms with E-state index in [1.54, 1.807) is 22.3 Å². The summed E-state index contributed by atoms with van der Waals surface area (Å²) in [6.07, 6.45) is 11.1. The summed E-state index contributed by atoms with van der Waals surface area (Å²) >= 11 is -3.11. The Morgan fingerprint density at radius 3 is 1.28 bits per heavy atom. The van der Waals surface area contributed by atoms with Gasteiger partial charge in [0.05, 0.1) is 0 Å². The first-order chi connectivity index (χ1) is 21.8. The molecule has 0 bridgehead atoms. The Labute approximate surface area is 300 Å². The maximum absolute atomic E-state index is 3.11. The summed E-state index contributed by atoms with van der Waals surface area (Å²) in [5, 5.41) is 0. The zero-order chi connectivity index (χ0) is 31.0. The van der Waals surface area contributed by atoms with Crippen molar-refractivity contribution in [1.29, 1.82) is 0 Å². The molecule has 0 amide bonds. The summed E-state index contributed by atoms with van der Waals surface area (Å²) in [5.74, 6) is 1.12. The second-order valence-corrected chi connectivity index (χ2v) is 32.0. The van der Waals surface area contributed by atoms with Gasteiger partial charge in [-0.05, 0) is 0 Å². The molecule has 4 unspecified atom stereocenters. The van der Waals surface area contributed by atoms with E-state index >= 15 is 0 Å². The van der Waals surface area contributed by atoms with E-state index in [-0.39, 0.29) is 24.8 Å². The predicted molar refractivity (Wildman–Crippen MR) is 191 cm³/mol. The molecule has 0 spiro atoms. The van der Waals surface area contributed by atoms with E-state index in [1.807, 2.05) is 0 Å². The van der Waals surface area contributed by atoms with Gasteiger partial charge in [-0.15, -0.1) is 0 Å². The molecule has 0 N–H and O–H groups in total. The second-order valence-electron chi connectivity index (χ2n) is 15.3. The molecule has 8 rings (SSSR count). The van der Waals surface area contributed by atoms with Crippen molar-refractivity contribution in [2.75, 3.05) is 0 Å². The van der Waals surface area contributed by atoms with Gasteiger partial charge in [0.25, 0.3) is 0 Å². The van der Waals surface area contributed by atoms with Gasteiger partial charge in [0.2, 0.25) is 0 Å². The molecule has 4 aromatic carbocycles. The Morgan fingerprint density at radius 2 is 0.915 bits per heavy atom. The molecule has 1 saturated heterocycles. The summed E-state index contributed by atoms with van der Waals surface area (Å²) in [6.45, 7) is 14.2. The van der Waals surface area contributed by atoms with Crippen LogP contribution in [0.25, 0.3) is 34.4 Å². The third kappa shape index (κ3) is 5.43. The predicted octanol–water partition coefficient (Wildman–Crippen LogP) is 7.21. The molecule has 47 heavy (non-hydrogen) atoms. The average molecular weight is 826 g/mol. The van der Waals surface area contributed by atoms with E-state index in [0.717, 1.165) is 7.35 Å². The quantitative estimate of drug-likeness (QED) is 0.181. The number of benzene rings is 4. The van der Waals surface area contributed by atoms with Crippen LogP contribution in [0.1, 0.15) is 120 Å². The van der Waals surface area contributed by atoms with Gasteiger partial charge in [-0.2, -0.15) is 0 Å². The first-order valence-electron chi connectivity index (χ1n) is 17.6. The fourth-order valence-electron chi connectivity index (χ4n) is 10.3. The van der Waals surface area contributed by atoms with Gasteiger partial charge in [-0.1, -0.05) is 0 Å². The number of halogens is 2. The Morgan fingerprint density at radius 1 is 0.532 bits per heavy atom. The largest absolute Gasteiger partial charge is 1.00 e. The number of hydrogen-bond donors (Lipinski definition) is 0. The normalized spacial score (nSPS) is 23.9. The van der Waals surface area contributed by atoms with Crippen LogP contribution in [0.4, 0.5) is 0 Å². The average Bonchev–Trinajstić information content (AvgIpc) is 3.35. The van der Waals surface area contributed by atoms with Crippen molar-refractivity contribution in [3.63, 3.8) is 0 Å². The third-order valence-corrected chi connectivity index (χ3v) is 37.8. The molecule has 1 aliphatic heterocycles. The van der Waals surface area contributed by atoms with Crippen LogP contribution >= 0.6 is 0 Å². The molecule has 4 atom stereocenters. The maximum atomic E-state index is 2.62. The molecular weight excluding hydrogens is 778 g/mol. The Balaban J connectivity index is 0.00000193. The van der Waals surface area contributed by atoms with Crippen molar-refractivity contribution in [3.8, 4) is 22.3 Å². The topological polar surface area (TPSA) is 0 Å². The molecular formula is C44H48Cl2Hf. The van der Waals surface area contributed by atoms with Gasteiger partial charge in [-0.3, -0.25) is 0 Å². The zero-order valence-electron chi connectivity index (χ0n) is 28.8. The van der Waals surface area contributed by atoms with Crippen LogP contribution in [-0.4, -0.2) is 0 Å². The second kappa shape index (κ2) is 13.3. The van der Waals surface area contributed by atoms with Crippen molar-refractivity contribution in [3.05, 3.63) is 129 Å². The van der Waals surface area contributed by atoms with Gasteiger partial charge >= 0.3 is 278 Å². The van der Waals surface area contributed by atoms with Crippen LogP contribution in [0.5, 0.6) is 0 Å². The number of rotatable bonds is 6. The molecule has 2 fully saturated rings. The molecule has 1 heterocycles. The van der Waals surface area contributed by atoms with Gasteiger partial charge in [0, 0.05) is 0 Å². The first kappa shape index (κ1) is 34.7. The minimum atomic E-state index is -3.11. The SMILES string of the molecule is CC1=Cc2c(-c3ccc(C(C)C)cc3)cccc2[CH]1[Hf+2]1([CH]2C(C)=Cc3c(-c4ccc(C(C)C)cc4)cccc32)[CH]2CCCC[CH]21.[Cl-].[Cl-]. The van der Waals surface area contributed by atoms with E-state index in [0.29, 0.717) is 19.2 Å². The number of fused-ring (bicyclic) bond motifs is 3. The summed E-state index contributed by atoms with van der Waals surface area (Å²) < 4.78 is 3.44. The molecule has 3 heteroatoms. The van der Waals surface area contributed by atoms with Gasteiger partial charge in [0.15, 0.2) is 0 Å². The van der Waals surface area contributed by atoms with E-state index in [2.05, 4.69) is 139 Å². The Hall–Kier alpha value is -2.19. The van der Waals surface area contributed by atoms with E-state index in [4.69, 9.17) is 0 Å². The molecule has 4 aromatic rings. The molecule has 4 aliphatic rings. The van der Waals surface area contributed by atoms with Crippen LogP contribution in [0.2, 0.25) is 7.35 Å². The van der Waals surface area contributed by atoms with Gasteiger partial charge in [-0.25, -0.2) is 0 Å². The minimum absolute atomic E-state index is 0. The standard InChI is InChI=1S/2C19H19.C6H10.2ClH.Hf/c2*1-13(2)15-7-9-16(10-8-15)18-6-4-5-17-11-14(3)12-19(17)18;1-2-4-6-5-3-1;;;/h2*4-13H,1-3H3;1-2H,3-6H2;2*1H;/q;;;;;+2/p-2. The van der Waals surface area contributed by atoms with Crippen LogP contribution in [0.3, 0.4) is 0 Å². The van der Waals surface area contributed by atoms with Crippen molar-refractivity contribution in [2.24, 2.45) is 0 Å². The Bertz CT molecular complexity index is 1710. The first-order valence-corrected chi connectivity index (χ1v) is 25.9. The molecule has 0 aromatic heterocycles. The Kier molecular flexibility index (Phi) is 9.78. The van der Waals surface area contributed by atoms with Crippen LogP contribution in [-0.2, 0) is 20.0 Å². The zero-order valence-corrected chi connectivity index (χ0v) is 33.9. The fourth-order valence-corrected chi connectivity index (χ4v) is 45.7. The molecule has 242 valence electrons. The van der Waals surface area contributed by atoms with Crippen molar-refractivity contribution in [1.82, 2.24) is 0 Å². The number of allylic oxidation sites excluding steroid dienone is 2. The number of hydrogen-bond acceptors (Lipinski definition) is 0. The van der Waals surface area contributed by atoms with Crippen LogP contribution in [0, 0.1) is 0 Å². The van der Waals surface area contributed by atoms with Crippen LogP contribution in [0.15, 0.2) is 96.1 Å². The summed E-state index contributed by atoms with van der Waals surface area (Å²) in [7, 11) is 0. The molecule has 1 saturated carbocycles. The fraction of sp³-hybridized carbons (Fsp3) is 0.364. The van der Waals surface area contributed by atoms with E-state index in [9.17, 15) is 0 Å². The van der Waals surface area contributed by atoms with Crippen molar-refractivity contribution < 1.29 is 44.8 Å². The minimum Gasteiger partial charge on any atom is -1.00 e. The van der Waals surface area contributed by atoms with Gasteiger partial charge < -0.3 is 24.8 Å². The smallest absolute Gasteiger partial charge is 1.00 e. The molecule has 0 radical (unpaired) electrons. The van der Waals surface area contributed by atoms with Crippen LogP contribution < -0.4 is 24.8 Å². The summed E-state index contributed by atoms with van der Waals surface area (Å²) in [6, 6.07) is 33.4. The maximum Gasteiger partial charge on any atom is -1.00 e. The summed E-state index contributed by atoms with van der Waals surface area (Å²) in [4.78, 5) is 0. The third-order valence-electron chi connectivity index (χ3n) is 12.3.